The van der Waals surface area contributed by atoms with Crippen LogP contribution in [0.1, 0.15) is 30.7 Å². The average Bonchev–Trinajstić information content (AvgIpc) is 2.38. The lowest BCUT2D eigenvalue weighted by Crippen LogP contribution is -2.34. The summed E-state index contributed by atoms with van der Waals surface area (Å²) in [6.07, 6.45) is 2.50. The van der Waals surface area contributed by atoms with Gasteiger partial charge in [-0.05, 0) is 43.3 Å². The van der Waals surface area contributed by atoms with Crippen molar-refractivity contribution in [1.29, 1.82) is 0 Å². The topological polar surface area (TPSA) is 49.3 Å². The normalized spacial score (nSPS) is 22.0. The number of hydrogen-bond acceptors (Lipinski definition) is 2. The van der Waals surface area contributed by atoms with E-state index in [0.717, 1.165) is 31.5 Å². The lowest BCUT2D eigenvalue weighted by Gasteiger charge is -2.30. The van der Waals surface area contributed by atoms with Crippen molar-refractivity contribution in [3.63, 3.8) is 0 Å². The first-order valence-corrected chi connectivity index (χ1v) is 6.25. The molecule has 3 nitrogen and oxygen atoms in total. The Bertz CT molecular complexity index is 358. The van der Waals surface area contributed by atoms with Gasteiger partial charge in [-0.3, -0.25) is 4.79 Å². The van der Waals surface area contributed by atoms with E-state index in [4.69, 9.17) is 5.11 Å². The predicted octanol–water partition coefficient (Wildman–Crippen LogP) is 2.24. The minimum atomic E-state index is -0.704. The van der Waals surface area contributed by atoms with Gasteiger partial charge in [0.25, 0.3) is 0 Å². The Morgan fingerprint density at radius 2 is 2.18 bits per heavy atom. The van der Waals surface area contributed by atoms with Crippen molar-refractivity contribution in [2.24, 2.45) is 5.92 Å². The molecule has 0 spiro atoms. The number of nitrogens with one attached hydrogen (secondary N) is 1. The van der Waals surface area contributed by atoms with Crippen LogP contribution in [0.5, 0.6) is 0 Å². The number of piperidine rings is 1. The fraction of sp³-hybridized carbons (Fsp3) is 0.500. The molecule has 92 valence electrons. The molecule has 0 aliphatic carbocycles. The molecule has 1 saturated heterocycles. The summed E-state index contributed by atoms with van der Waals surface area (Å²) in [4.78, 5) is 11.0. The Kier molecular flexibility index (Phi) is 4.15. The first kappa shape index (κ1) is 12.1. The van der Waals surface area contributed by atoms with Gasteiger partial charge in [-0.15, -0.1) is 0 Å². The second-order valence-corrected chi connectivity index (χ2v) is 4.72. The largest absolute Gasteiger partial charge is 0.481 e. The van der Waals surface area contributed by atoms with E-state index < -0.39 is 5.97 Å². The summed E-state index contributed by atoms with van der Waals surface area (Å²) < 4.78 is 0. The van der Waals surface area contributed by atoms with Crippen LogP contribution in [-0.2, 0) is 4.79 Å². The van der Waals surface area contributed by atoms with E-state index in [9.17, 15) is 4.79 Å². The molecule has 0 radical (unpaired) electrons. The molecular formula is C14H19NO2. The van der Waals surface area contributed by atoms with E-state index in [1.165, 1.54) is 0 Å². The first-order chi connectivity index (χ1) is 8.27. The second kappa shape index (κ2) is 5.82. The predicted molar refractivity (Wildman–Crippen MR) is 67.0 cm³/mol. The number of aliphatic carboxylic acids is 1. The third kappa shape index (κ3) is 3.30. The smallest absolute Gasteiger partial charge is 0.303 e. The highest BCUT2D eigenvalue weighted by atomic mass is 16.4. The van der Waals surface area contributed by atoms with Gasteiger partial charge in [0.15, 0.2) is 0 Å². The maximum atomic E-state index is 11.0. The first-order valence-electron chi connectivity index (χ1n) is 6.25. The molecule has 2 rings (SSSR count). The van der Waals surface area contributed by atoms with Crippen molar-refractivity contribution < 1.29 is 9.90 Å². The molecule has 3 heteroatoms. The fourth-order valence-corrected chi connectivity index (χ4v) is 2.67. The fourth-order valence-electron chi connectivity index (χ4n) is 2.67. The molecule has 1 aromatic carbocycles. The Hall–Kier alpha value is -1.35. The number of hydrogen-bond donors (Lipinski definition) is 2. The molecule has 2 atom stereocenters. The monoisotopic (exact) mass is 233 g/mol. The molecule has 0 unspecified atom stereocenters. The van der Waals surface area contributed by atoms with Crippen LogP contribution in [0, 0.1) is 5.92 Å². The maximum absolute atomic E-state index is 11.0. The van der Waals surface area contributed by atoms with E-state index in [-0.39, 0.29) is 12.3 Å². The quantitative estimate of drug-likeness (QED) is 0.838. The lowest BCUT2D eigenvalue weighted by atomic mass is 9.79. The number of rotatable bonds is 4. The van der Waals surface area contributed by atoms with Crippen molar-refractivity contribution in [3.8, 4) is 0 Å². The number of carboxylic acid groups (broad SMARTS) is 1. The van der Waals surface area contributed by atoms with E-state index in [0.29, 0.717) is 5.92 Å². The van der Waals surface area contributed by atoms with Gasteiger partial charge in [0.05, 0.1) is 6.42 Å². The van der Waals surface area contributed by atoms with Gasteiger partial charge in [-0.1, -0.05) is 30.3 Å². The van der Waals surface area contributed by atoms with Gasteiger partial charge in [-0.25, -0.2) is 0 Å². The Balaban J connectivity index is 2.15. The molecule has 2 N–H and O–H groups in total. The standard InChI is InChI=1S/C14H19NO2/c16-14(17)9-13(11-5-2-1-3-6-11)12-7-4-8-15-10-12/h1-3,5-6,12-13,15H,4,7-10H2,(H,16,17)/t12-,13-/m0/s1. The van der Waals surface area contributed by atoms with Crippen molar-refractivity contribution in [1.82, 2.24) is 5.32 Å². The highest BCUT2D eigenvalue weighted by Crippen LogP contribution is 2.32. The minimum absolute atomic E-state index is 0.140. The third-order valence-corrected chi connectivity index (χ3v) is 3.53. The summed E-state index contributed by atoms with van der Waals surface area (Å²) in [6.45, 7) is 2.00. The molecule has 0 saturated carbocycles. The van der Waals surface area contributed by atoms with E-state index in [2.05, 4.69) is 5.32 Å². The molecule has 1 aliphatic rings. The highest BCUT2D eigenvalue weighted by Gasteiger charge is 2.26. The summed E-state index contributed by atoms with van der Waals surface area (Å²) >= 11 is 0. The molecule has 0 amide bonds. The Labute approximate surface area is 102 Å². The van der Waals surface area contributed by atoms with Crippen LogP contribution in [-0.4, -0.2) is 24.2 Å². The number of benzene rings is 1. The van der Waals surface area contributed by atoms with Gasteiger partial charge in [0, 0.05) is 0 Å². The summed E-state index contributed by atoms with van der Waals surface area (Å²) in [5.74, 6) is -0.117. The molecule has 0 aromatic heterocycles. The Morgan fingerprint density at radius 3 is 2.76 bits per heavy atom. The Morgan fingerprint density at radius 1 is 1.41 bits per heavy atom. The molecule has 17 heavy (non-hydrogen) atoms. The van der Waals surface area contributed by atoms with Crippen LogP contribution in [0.15, 0.2) is 30.3 Å². The molecular weight excluding hydrogens is 214 g/mol. The van der Waals surface area contributed by atoms with Crippen LogP contribution < -0.4 is 5.32 Å². The summed E-state index contributed by atoms with van der Waals surface area (Å²) in [5.41, 5.74) is 1.16. The van der Waals surface area contributed by atoms with Gasteiger partial charge >= 0.3 is 5.97 Å². The van der Waals surface area contributed by atoms with Gasteiger partial charge < -0.3 is 10.4 Å². The van der Waals surface area contributed by atoms with Crippen LogP contribution >= 0.6 is 0 Å². The summed E-state index contributed by atoms with van der Waals surface area (Å²) in [5, 5.41) is 12.4. The van der Waals surface area contributed by atoms with E-state index >= 15 is 0 Å². The second-order valence-electron chi connectivity index (χ2n) is 4.72. The van der Waals surface area contributed by atoms with Crippen molar-refractivity contribution in [2.75, 3.05) is 13.1 Å². The van der Waals surface area contributed by atoms with Gasteiger partial charge in [0.2, 0.25) is 0 Å². The SMILES string of the molecule is O=C(O)C[C@@H](c1ccccc1)[C@H]1CCCNC1. The van der Waals surface area contributed by atoms with Crippen molar-refractivity contribution in [2.45, 2.75) is 25.2 Å². The highest BCUT2D eigenvalue weighted by molar-refractivity contribution is 5.68. The maximum Gasteiger partial charge on any atom is 0.303 e. The summed E-state index contributed by atoms with van der Waals surface area (Å²) in [6, 6.07) is 10.0. The minimum Gasteiger partial charge on any atom is -0.481 e. The molecule has 0 bridgehead atoms. The van der Waals surface area contributed by atoms with Crippen LogP contribution in [0.4, 0.5) is 0 Å². The van der Waals surface area contributed by atoms with E-state index in [1.807, 2.05) is 30.3 Å². The molecule has 1 aromatic rings. The zero-order valence-corrected chi connectivity index (χ0v) is 9.93. The molecule has 1 heterocycles. The van der Waals surface area contributed by atoms with Crippen LogP contribution in [0.2, 0.25) is 0 Å². The zero-order valence-electron chi connectivity index (χ0n) is 9.93. The molecule has 1 fully saturated rings. The van der Waals surface area contributed by atoms with E-state index in [1.54, 1.807) is 0 Å². The molecule has 1 aliphatic heterocycles. The number of carboxylic acids is 1. The van der Waals surface area contributed by atoms with Gasteiger partial charge in [0.1, 0.15) is 0 Å². The summed E-state index contributed by atoms with van der Waals surface area (Å²) in [7, 11) is 0. The zero-order chi connectivity index (χ0) is 12.1. The van der Waals surface area contributed by atoms with Crippen molar-refractivity contribution in [3.05, 3.63) is 35.9 Å². The van der Waals surface area contributed by atoms with Crippen LogP contribution in [0.25, 0.3) is 0 Å². The van der Waals surface area contributed by atoms with Crippen LogP contribution in [0.3, 0.4) is 0 Å². The average molecular weight is 233 g/mol. The number of carbonyl (C=O) groups is 1. The van der Waals surface area contributed by atoms with Crippen molar-refractivity contribution >= 4 is 5.97 Å². The van der Waals surface area contributed by atoms with Gasteiger partial charge in [-0.2, -0.15) is 0 Å². The lowest BCUT2D eigenvalue weighted by molar-refractivity contribution is -0.137. The third-order valence-electron chi connectivity index (χ3n) is 3.53.